The van der Waals surface area contributed by atoms with Gasteiger partial charge in [-0.25, -0.2) is 4.79 Å². The van der Waals surface area contributed by atoms with Crippen molar-refractivity contribution >= 4 is 11.9 Å². The Bertz CT molecular complexity index is 403. The van der Waals surface area contributed by atoms with Gasteiger partial charge in [-0.05, 0) is 0 Å². The fourth-order valence-electron chi connectivity index (χ4n) is 2.14. The van der Waals surface area contributed by atoms with Crippen LogP contribution in [0.25, 0.3) is 0 Å². The predicted octanol–water partition coefficient (Wildman–Crippen LogP) is -3.87. The molecule has 1 heterocycles. The Morgan fingerprint density at radius 1 is 1.43 bits per heavy atom. The molecule has 10 nitrogen and oxygen atoms in total. The molecule has 0 bridgehead atoms. The minimum Gasteiger partial charge on any atom is -0.477 e. The van der Waals surface area contributed by atoms with Crippen molar-refractivity contribution in [2.24, 2.45) is 0 Å². The summed E-state index contributed by atoms with van der Waals surface area (Å²) < 4.78 is 4.86. The van der Waals surface area contributed by atoms with Gasteiger partial charge in [-0.2, -0.15) is 0 Å². The lowest BCUT2D eigenvalue weighted by Gasteiger charge is -2.44. The number of amides is 1. The molecule has 0 aromatic carbocycles. The summed E-state index contributed by atoms with van der Waals surface area (Å²) in [6.45, 7) is 0.256. The molecule has 1 rings (SSSR count). The summed E-state index contributed by atoms with van der Waals surface area (Å²) in [7, 11) is 0. The Labute approximate surface area is 119 Å². The molecule has 0 aromatic rings. The van der Waals surface area contributed by atoms with Gasteiger partial charge >= 0.3 is 5.97 Å². The molecule has 21 heavy (non-hydrogen) atoms. The van der Waals surface area contributed by atoms with Gasteiger partial charge in [0.15, 0.2) is 0 Å². The monoisotopic (exact) mass is 309 g/mol. The largest absolute Gasteiger partial charge is 0.477 e. The van der Waals surface area contributed by atoms with E-state index < -0.39 is 61.1 Å². The Morgan fingerprint density at radius 3 is 2.43 bits per heavy atom. The number of carboxylic acid groups (broad SMARTS) is 1. The maximum Gasteiger partial charge on any atom is 0.364 e. The highest BCUT2D eigenvalue weighted by Crippen LogP contribution is 2.30. The second-order valence-electron chi connectivity index (χ2n) is 4.91. The van der Waals surface area contributed by atoms with Gasteiger partial charge in [0.05, 0.1) is 18.8 Å². The van der Waals surface area contributed by atoms with E-state index in [0.29, 0.717) is 0 Å². The number of hydrogen-bond donors (Lipinski definition) is 7. The molecule has 1 unspecified atom stereocenters. The minimum absolute atomic E-state index is 0.598. The number of rotatable bonds is 5. The number of aliphatic hydroxyl groups is 5. The van der Waals surface area contributed by atoms with E-state index in [1.807, 2.05) is 0 Å². The SMILES string of the molecule is CC(=O)N[C@H]1C([C@@H](O)[C@@H](O)CO)O[C@](O)(C(=O)O)C[C@H]1O. The molecule has 0 spiro atoms. The third-order valence-corrected chi connectivity index (χ3v) is 3.21. The number of carbonyl (C=O) groups excluding carboxylic acids is 1. The summed E-state index contributed by atoms with van der Waals surface area (Å²) in [5, 5.41) is 59.0. The van der Waals surface area contributed by atoms with Gasteiger partial charge in [-0.15, -0.1) is 0 Å². The van der Waals surface area contributed by atoms with Crippen molar-refractivity contribution in [3.05, 3.63) is 0 Å². The summed E-state index contributed by atoms with van der Waals surface area (Å²) >= 11 is 0. The van der Waals surface area contributed by atoms with Crippen molar-refractivity contribution in [3.63, 3.8) is 0 Å². The quantitative estimate of drug-likeness (QED) is 0.268. The standard InChI is InChI=1S/C11H19NO9/c1-4(14)12-7-5(15)2-11(20,10(18)19)21-9(7)8(17)6(16)3-13/h5-9,13,15-17,20H,2-3H2,1H3,(H,12,14)(H,18,19)/t5-,6+,7-,8+,9?,11+/m1/s1. The molecule has 1 fully saturated rings. The molecular formula is C11H19NO9. The number of aliphatic hydroxyl groups excluding tert-OH is 4. The van der Waals surface area contributed by atoms with Crippen LogP contribution in [0.4, 0.5) is 0 Å². The molecule has 0 aliphatic carbocycles. The molecule has 10 heteroatoms. The zero-order valence-corrected chi connectivity index (χ0v) is 11.2. The maximum absolute atomic E-state index is 11.1. The smallest absolute Gasteiger partial charge is 0.364 e. The normalized spacial score (nSPS) is 35.8. The van der Waals surface area contributed by atoms with Crippen LogP contribution < -0.4 is 5.32 Å². The highest BCUT2D eigenvalue weighted by atomic mass is 16.7. The molecule has 1 aliphatic heterocycles. The average Bonchev–Trinajstić information content (AvgIpc) is 2.39. The van der Waals surface area contributed by atoms with Crippen LogP contribution in [0.5, 0.6) is 0 Å². The number of carbonyl (C=O) groups is 2. The third-order valence-electron chi connectivity index (χ3n) is 3.21. The van der Waals surface area contributed by atoms with E-state index in [-0.39, 0.29) is 0 Å². The van der Waals surface area contributed by atoms with Crippen LogP contribution in [0.2, 0.25) is 0 Å². The van der Waals surface area contributed by atoms with Crippen LogP contribution in [0, 0.1) is 0 Å². The van der Waals surface area contributed by atoms with E-state index in [0.717, 1.165) is 6.92 Å². The summed E-state index contributed by atoms with van der Waals surface area (Å²) in [6, 6.07) is -1.27. The minimum atomic E-state index is -2.78. The fraction of sp³-hybridized carbons (Fsp3) is 0.818. The van der Waals surface area contributed by atoms with Crippen molar-refractivity contribution in [1.29, 1.82) is 0 Å². The van der Waals surface area contributed by atoms with Crippen LogP contribution in [-0.4, -0.2) is 85.4 Å². The van der Waals surface area contributed by atoms with Gasteiger partial charge in [-0.1, -0.05) is 0 Å². The van der Waals surface area contributed by atoms with Gasteiger partial charge in [0, 0.05) is 13.3 Å². The van der Waals surface area contributed by atoms with Crippen molar-refractivity contribution in [1.82, 2.24) is 5.32 Å². The number of aliphatic carboxylic acids is 1. The summed E-state index contributed by atoms with van der Waals surface area (Å²) in [6.07, 6.45) is -7.48. The van der Waals surface area contributed by atoms with Crippen molar-refractivity contribution in [2.75, 3.05) is 6.61 Å². The number of hydrogen-bond acceptors (Lipinski definition) is 8. The Kier molecular flexibility index (Phi) is 5.61. The molecule has 1 aliphatic rings. The van der Waals surface area contributed by atoms with E-state index in [2.05, 4.69) is 5.32 Å². The Balaban J connectivity index is 3.07. The van der Waals surface area contributed by atoms with Crippen LogP contribution in [0.1, 0.15) is 13.3 Å². The Morgan fingerprint density at radius 2 is 2.00 bits per heavy atom. The second-order valence-corrected chi connectivity index (χ2v) is 4.91. The average molecular weight is 309 g/mol. The lowest BCUT2D eigenvalue weighted by Crippen LogP contribution is -2.67. The fourth-order valence-corrected chi connectivity index (χ4v) is 2.14. The van der Waals surface area contributed by atoms with Crippen molar-refractivity contribution in [2.45, 2.75) is 49.6 Å². The van der Waals surface area contributed by atoms with E-state index in [1.54, 1.807) is 0 Å². The maximum atomic E-state index is 11.1. The van der Waals surface area contributed by atoms with Gasteiger partial charge < -0.3 is 40.7 Å². The first-order valence-electron chi connectivity index (χ1n) is 6.18. The molecular weight excluding hydrogens is 290 g/mol. The second kappa shape index (κ2) is 6.64. The van der Waals surface area contributed by atoms with E-state index in [9.17, 15) is 30.0 Å². The van der Waals surface area contributed by atoms with Gasteiger partial charge in [0.2, 0.25) is 5.91 Å². The summed E-state index contributed by atoms with van der Waals surface area (Å²) in [5.74, 6) is -5.17. The van der Waals surface area contributed by atoms with Gasteiger partial charge in [0.1, 0.15) is 18.3 Å². The zero-order chi connectivity index (χ0) is 16.4. The zero-order valence-electron chi connectivity index (χ0n) is 11.2. The van der Waals surface area contributed by atoms with Crippen molar-refractivity contribution in [3.8, 4) is 0 Å². The highest BCUT2D eigenvalue weighted by molar-refractivity contribution is 5.76. The van der Waals surface area contributed by atoms with E-state index in [4.69, 9.17) is 14.9 Å². The first kappa shape index (κ1) is 17.8. The van der Waals surface area contributed by atoms with Crippen LogP contribution in [-0.2, 0) is 14.3 Å². The molecule has 122 valence electrons. The molecule has 6 atom stereocenters. The van der Waals surface area contributed by atoms with Gasteiger partial charge in [-0.3, -0.25) is 4.79 Å². The molecule has 1 amide bonds. The molecule has 7 N–H and O–H groups in total. The summed E-state index contributed by atoms with van der Waals surface area (Å²) in [4.78, 5) is 22.1. The predicted molar refractivity (Wildman–Crippen MR) is 64.8 cm³/mol. The van der Waals surface area contributed by atoms with Crippen LogP contribution in [0.3, 0.4) is 0 Å². The number of ether oxygens (including phenoxy) is 1. The van der Waals surface area contributed by atoms with Gasteiger partial charge in [0.25, 0.3) is 5.79 Å². The lowest BCUT2D eigenvalue weighted by molar-refractivity contribution is -0.295. The highest BCUT2D eigenvalue weighted by Gasteiger charge is 2.53. The summed E-state index contributed by atoms with van der Waals surface area (Å²) in [5.41, 5.74) is 0. The molecule has 0 saturated carbocycles. The van der Waals surface area contributed by atoms with Crippen molar-refractivity contribution < 1.29 is 45.0 Å². The first-order chi connectivity index (χ1) is 9.62. The van der Waals surface area contributed by atoms with Crippen LogP contribution in [0.15, 0.2) is 0 Å². The molecule has 0 aromatic heterocycles. The number of nitrogens with one attached hydrogen (secondary N) is 1. The van der Waals surface area contributed by atoms with E-state index in [1.165, 1.54) is 0 Å². The molecule has 0 radical (unpaired) electrons. The van der Waals surface area contributed by atoms with E-state index >= 15 is 0 Å². The van der Waals surface area contributed by atoms with Crippen LogP contribution >= 0.6 is 0 Å². The first-order valence-corrected chi connectivity index (χ1v) is 6.18. The third kappa shape index (κ3) is 3.87. The molecule has 1 saturated heterocycles. The topological polar surface area (TPSA) is 177 Å². The number of carboxylic acids is 1. The Hall–Kier alpha value is -1.30. The lowest BCUT2D eigenvalue weighted by atomic mass is 9.88.